The van der Waals surface area contributed by atoms with Gasteiger partial charge in [0, 0.05) is 12.1 Å². The van der Waals surface area contributed by atoms with Gasteiger partial charge in [0.05, 0.1) is 38.5 Å². The zero-order valence-corrected chi connectivity index (χ0v) is 17.9. The number of benzene rings is 3. The number of imidazole rings is 1. The number of carbonyl (C=O) groups is 1. The Bertz CT molecular complexity index is 1410. The second kappa shape index (κ2) is 8.37. The van der Waals surface area contributed by atoms with E-state index in [2.05, 4.69) is 20.4 Å². The van der Waals surface area contributed by atoms with Gasteiger partial charge in [-0.05, 0) is 36.4 Å². The standard InChI is InChI=1S/C23H15Cl2N5O2/c24-16-7-4-8-17(25)21(16)22-27-18-10-9-15(13-19(18)28-22)32-23(31)29-20-11-12-26-30(20)14-5-2-1-3-6-14/h1-13H,(H,27,28)(H,29,31). The van der Waals surface area contributed by atoms with Gasteiger partial charge in [-0.1, -0.05) is 47.5 Å². The summed E-state index contributed by atoms with van der Waals surface area (Å²) < 4.78 is 7.07. The Hall–Kier alpha value is -3.81. The Balaban J connectivity index is 1.36. The first-order valence-corrected chi connectivity index (χ1v) is 10.4. The predicted octanol–water partition coefficient (Wildman–Crippen LogP) is 6.33. The summed E-state index contributed by atoms with van der Waals surface area (Å²) in [5.74, 6) is 1.37. The molecule has 158 valence electrons. The zero-order valence-electron chi connectivity index (χ0n) is 16.4. The maximum absolute atomic E-state index is 12.5. The number of fused-ring (bicyclic) bond motifs is 1. The van der Waals surface area contributed by atoms with Gasteiger partial charge >= 0.3 is 6.09 Å². The number of nitrogens with zero attached hydrogens (tertiary/aromatic N) is 3. The topological polar surface area (TPSA) is 84.8 Å². The highest BCUT2D eigenvalue weighted by Crippen LogP contribution is 2.34. The normalized spacial score (nSPS) is 10.9. The van der Waals surface area contributed by atoms with Gasteiger partial charge in [0.15, 0.2) is 0 Å². The number of anilines is 1. The van der Waals surface area contributed by atoms with E-state index in [1.165, 1.54) is 0 Å². The molecule has 2 N–H and O–H groups in total. The number of hydrogen-bond donors (Lipinski definition) is 2. The third-order valence-corrected chi connectivity index (χ3v) is 5.37. The first-order valence-electron chi connectivity index (χ1n) is 9.61. The summed E-state index contributed by atoms with van der Waals surface area (Å²) in [6.07, 6.45) is 0.955. The fourth-order valence-corrected chi connectivity index (χ4v) is 3.88. The molecule has 1 amide bonds. The number of rotatable bonds is 4. The van der Waals surface area contributed by atoms with Crippen LogP contribution < -0.4 is 10.1 Å². The number of hydrogen-bond acceptors (Lipinski definition) is 4. The summed E-state index contributed by atoms with van der Waals surface area (Å²) in [5, 5.41) is 7.93. The monoisotopic (exact) mass is 463 g/mol. The van der Waals surface area contributed by atoms with Crippen molar-refractivity contribution in [1.29, 1.82) is 0 Å². The summed E-state index contributed by atoms with van der Waals surface area (Å²) in [7, 11) is 0. The molecule has 0 radical (unpaired) electrons. The number of amides is 1. The molecule has 9 heteroatoms. The van der Waals surface area contributed by atoms with Crippen LogP contribution in [0.4, 0.5) is 10.6 Å². The molecule has 0 saturated carbocycles. The molecular weight excluding hydrogens is 449 g/mol. The maximum atomic E-state index is 12.5. The fraction of sp³-hybridized carbons (Fsp3) is 0. The lowest BCUT2D eigenvalue weighted by Crippen LogP contribution is -2.19. The van der Waals surface area contributed by atoms with E-state index in [-0.39, 0.29) is 0 Å². The molecule has 0 spiro atoms. The van der Waals surface area contributed by atoms with Crippen molar-refractivity contribution in [2.24, 2.45) is 0 Å². The van der Waals surface area contributed by atoms with E-state index in [4.69, 9.17) is 27.9 Å². The number of nitrogens with one attached hydrogen (secondary N) is 2. The summed E-state index contributed by atoms with van der Waals surface area (Å²) >= 11 is 12.6. The van der Waals surface area contributed by atoms with Crippen LogP contribution in [0.25, 0.3) is 28.1 Å². The number of aromatic nitrogens is 4. The Morgan fingerprint density at radius 2 is 1.75 bits per heavy atom. The van der Waals surface area contributed by atoms with E-state index >= 15 is 0 Å². The van der Waals surface area contributed by atoms with Gasteiger partial charge < -0.3 is 9.72 Å². The van der Waals surface area contributed by atoms with Crippen LogP contribution in [0.3, 0.4) is 0 Å². The van der Waals surface area contributed by atoms with Gasteiger partial charge in [-0.2, -0.15) is 5.10 Å². The molecule has 0 saturated heterocycles. The second-order valence-electron chi connectivity index (χ2n) is 6.84. The van der Waals surface area contributed by atoms with Crippen molar-refractivity contribution < 1.29 is 9.53 Å². The molecule has 0 atom stereocenters. The summed E-state index contributed by atoms with van der Waals surface area (Å²) in [6, 6.07) is 21.5. The maximum Gasteiger partial charge on any atom is 0.418 e. The number of carbonyl (C=O) groups excluding carboxylic acids is 1. The van der Waals surface area contributed by atoms with Crippen LogP contribution in [0, 0.1) is 0 Å². The molecule has 0 bridgehead atoms. The van der Waals surface area contributed by atoms with E-state index < -0.39 is 6.09 Å². The summed E-state index contributed by atoms with van der Waals surface area (Å²) in [4.78, 5) is 20.2. The summed E-state index contributed by atoms with van der Waals surface area (Å²) in [5.41, 5.74) is 2.79. The highest BCUT2D eigenvalue weighted by molar-refractivity contribution is 6.39. The highest BCUT2D eigenvalue weighted by atomic mass is 35.5. The van der Waals surface area contributed by atoms with E-state index in [1.54, 1.807) is 53.3 Å². The molecule has 5 rings (SSSR count). The molecule has 32 heavy (non-hydrogen) atoms. The lowest BCUT2D eigenvalue weighted by Gasteiger charge is -2.09. The Kier molecular flexibility index (Phi) is 5.26. The number of H-pyrrole nitrogens is 1. The van der Waals surface area contributed by atoms with Crippen LogP contribution in [0.5, 0.6) is 5.75 Å². The SMILES string of the molecule is O=C(Nc1ccnn1-c1ccccc1)Oc1ccc2nc(-c3c(Cl)cccc3Cl)[nH]c2c1. The molecule has 0 aliphatic rings. The van der Waals surface area contributed by atoms with Crippen molar-refractivity contribution in [3.05, 3.63) is 89.0 Å². The van der Waals surface area contributed by atoms with Crippen LogP contribution in [-0.4, -0.2) is 25.8 Å². The van der Waals surface area contributed by atoms with Crippen LogP contribution in [0.2, 0.25) is 10.0 Å². The molecule has 2 heterocycles. The van der Waals surface area contributed by atoms with Gasteiger partial charge in [0.2, 0.25) is 0 Å². The van der Waals surface area contributed by atoms with Gasteiger partial charge in [0.1, 0.15) is 17.4 Å². The van der Waals surface area contributed by atoms with E-state index in [0.29, 0.717) is 44.0 Å². The average Bonchev–Trinajstić information content (AvgIpc) is 3.40. The molecule has 7 nitrogen and oxygen atoms in total. The van der Waals surface area contributed by atoms with E-state index in [1.807, 2.05) is 30.3 Å². The third-order valence-electron chi connectivity index (χ3n) is 4.74. The summed E-state index contributed by atoms with van der Waals surface area (Å²) in [6.45, 7) is 0. The number of aromatic amines is 1. The Labute approximate surface area is 192 Å². The van der Waals surface area contributed by atoms with Gasteiger partial charge in [0.25, 0.3) is 0 Å². The first kappa shape index (κ1) is 20.1. The molecule has 0 aliphatic heterocycles. The molecule has 0 unspecified atom stereocenters. The lowest BCUT2D eigenvalue weighted by molar-refractivity contribution is 0.215. The van der Waals surface area contributed by atoms with Crippen molar-refractivity contribution in [2.45, 2.75) is 0 Å². The minimum atomic E-state index is -0.643. The number of para-hydroxylation sites is 1. The minimum Gasteiger partial charge on any atom is -0.410 e. The molecule has 3 aromatic carbocycles. The average molecular weight is 464 g/mol. The van der Waals surface area contributed by atoms with Crippen LogP contribution >= 0.6 is 23.2 Å². The lowest BCUT2D eigenvalue weighted by atomic mass is 10.2. The molecule has 0 fully saturated rings. The third kappa shape index (κ3) is 3.91. The largest absolute Gasteiger partial charge is 0.418 e. The Morgan fingerprint density at radius 1 is 0.969 bits per heavy atom. The van der Waals surface area contributed by atoms with Crippen molar-refractivity contribution >= 4 is 46.1 Å². The molecular formula is C23H15Cl2N5O2. The van der Waals surface area contributed by atoms with Gasteiger partial charge in [-0.25, -0.2) is 14.5 Å². The van der Waals surface area contributed by atoms with E-state index in [9.17, 15) is 4.79 Å². The number of halogens is 2. The molecule has 5 aromatic rings. The highest BCUT2D eigenvalue weighted by Gasteiger charge is 2.15. The minimum absolute atomic E-state index is 0.348. The Morgan fingerprint density at radius 3 is 2.53 bits per heavy atom. The molecule has 2 aromatic heterocycles. The fourth-order valence-electron chi connectivity index (χ4n) is 3.30. The van der Waals surface area contributed by atoms with Crippen LogP contribution in [0.1, 0.15) is 0 Å². The van der Waals surface area contributed by atoms with Crippen LogP contribution in [-0.2, 0) is 0 Å². The molecule has 0 aliphatic carbocycles. The first-order chi connectivity index (χ1) is 15.6. The van der Waals surface area contributed by atoms with Crippen LogP contribution in [0.15, 0.2) is 79.0 Å². The van der Waals surface area contributed by atoms with Crippen molar-refractivity contribution in [3.8, 4) is 22.8 Å². The predicted molar refractivity (Wildman–Crippen MR) is 125 cm³/mol. The van der Waals surface area contributed by atoms with Crippen molar-refractivity contribution in [1.82, 2.24) is 19.7 Å². The van der Waals surface area contributed by atoms with Crippen molar-refractivity contribution in [2.75, 3.05) is 5.32 Å². The zero-order chi connectivity index (χ0) is 22.1. The van der Waals surface area contributed by atoms with Crippen molar-refractivity contribution in [3.63, 3.8) is 0 Å². The van der Waals surface area contributed by atoms with Gasteiger partial charge in [-0.3, -0.25) is 5.32 Å². The quantitative estimate of drug-likeness (QED) is 0.325. The smallest absolute Gasteiger partial charge is 0.410 e. The van der Waals surface area contributed by atoms with E-state index in [0.717, 1.165) is 5.69 Å². The van der Waals surface area contributed by atoms with Gasteiger partial charge in [-0.15, -0.1) is 0 Å². The number of ether oxygens (including phenoxy) is 1. The second-order valence-corrected chi connectivity index (χ2v) is 7.65.